The van der Waals surface area contributed by atoms with Gasteiger partial charge in [-0.3, -0.25) is 4.79 Å². The maximum absolute atomic E-state index is 10.5. The Balaban J connectivity index is 4.59. The number of allylic oxidation sites excluding steroid dienone is 1. The molecule has 2 heteroatoms. The average Bonchev–Trinajstić information content (AvgIpc) is 1.84. The molecule has 0 aliphatic rings. The van der Waals surface area contributed by atoms with E-state index in [4.69, 9.17) is 5.11 Å². The van der Waals surface area contributed by atoms with Crippen LogP contribution in [0.25, 0.3) is 0 Å². The highest BCUT2D eigenvalue weighted by Gasteiger charge is 2.36. The Labute approximate surface area is 74.3 Å². The normalized spacial score (nSPS) is 12.7. The van der Waals surface area contributed by atoms with Crippen molar-refractivity contribution in [3.8, 4) is 0 Å². The van der Waals surface area contributed by atoms with Crippen LogP contribution in [0.1, 0.15) is 34.1 Å². The summed E-state index contributed by atoms with van der Waals surface area (Å²) in [5.74, 6) is -0.755. The van der Waals surface area contributed by atoms with Crippen molar-refractivity contribution in [2.24, 2.45) is 10.8 Å². The van der Waals surface area contributed by atoms with E-state index in [0.717, 1.165) is 0 Å². The number of carboxylic acids is 1. The summed E-state index contributed by atoms with van der Waals surface area (Å²) in [6.45, 7) is 11.6. The lowest BCUT2D eigenvalue weighted by Gasteiger charge is -2.38. The Hall–Kier alpha value is -0.790. The van der Waals surface area contributed by atoms with Crippen LogP contribution in [0.2, 0.25) is 0 Å². The zero-order chi connectivity index (χ0) is 9.99. The van der Waals surface area contributed by atoms with Crippen molar-refractivity contribution in [2.75, 3.05) is 0 Å². The molecule has 0 saturated heterocycles. The molecule has 0 unspecified atom stereocenters. The van der Waals surface area contributed by atoms with Crippen LogP contribution in [0.3, 0.4) is 0 Å². The van der Waals surface area contributed by atoms with Gasteiger partial charge in [-0.2, -0.15) is 0 Å². The highest BCUT2D eigenvalue weighted by Crippen LogP contribution is 2.41. The van der Waals surface area contributed by atoms with Crippen molar-refractivity contribution in [1.82, 2.24) is 0 Å². The second-order valence-electron chi connectivity index (χ2n) is 4.38. The Morgan fingerprint density at radius 2 is 1.83 bits per heavy atom. The van der Waals surface area contributed by atoms with E-state index in [9.17, 15) is 4.79 Å². The van der Waals surface area contributed by atoms with Crippen LogP contribution in [0.15, 0.2) is 12.7 Å². The van der Waals surface area contributed by atoms with Gasteiger partial charge in [0.1, 0.15) is 0 Å². The molecule has 0 heterocycles. The second kappa shape index (κ2) is 3.30. The molecule has 0 aliphatic heterocycles. The third-order valence-electron chi connectivity index (χ3n) is 2.85. The second-order valence-corrected chi connectivity index (χ2v) is 4.38. The quantitative estimate of drug-likeness (QED) is 0.659. The van der Waals surface area contributed by atoms with Crippen molar-refractivity contribution in [3.63, 3.8) is 0 Å². The minimum absolute atomic E-state index is 0.147. The van der Waals surface area contributed by atoms with Gasteiger partial charge in [-0.15, -0.1) is 6.58 Å². The first-order valence-corrected chi connectivity index (χ1v) is 4.08. The number of aliphatic carboxylic acids is 1. The van der Waals surface area contributed by atoms with E-state index in [1.165, 1.54) is 0 Å². The summed E-state index contributed by atoms with van der Waals surface area (Å²) >= 11 is 0. The van der Waals surface area contributed by atoms with Gasteiger partial charge in [0.05, 0.1) is 6.42 Å². The molecule has 70 valence electrons. The average molecular weight is 170 g/mol. The molecule has 12 heavy (non-hydrogen) atoms. The minimum Gasteiger partial charge on any atom is -0.481 e. The third kappa shape index (κ3) is 2.36. The van der Waals surface area contributed by atoms with Crippen molar-refractivity contribution in [2.45, 2.75) is 34.1 Å². The molecule has 0 saturated carbocycles. The number of carbonyl (C=O) groups is 1. The number of rotatable bonds is 4. The summed E-state index contributed by atoms with van der Waals surface area (Å²) in [4.78, 5) is 10.5. The molecule has 0 bridgehead atoms. The molecule has 0 aromatic heterocycles. The van der Waals surface area contributed by atoms with Gasteiger partial charge in [0, 0.05) is 0 Å². The predicted octanol–water partition coefficient (Wildman–Crippen LogP) is 2.70. The molecule has 0 aromatic carbocycles. The molecule has 0 amide bonds. The standard InChI is InChI=1S/C10H18O2/c1-6-9(2,3)10(4,5)7-8(11)12/h6H,1,7H2,2-5H3,(H,11,12). The first-order chi connectivity index (χ1) is 5.23. The Morgan fingerprint density at radius 3 is 2.08 bits per heavy atom. The van der Waals surface area contributed by atoms with E-state index in [1.54, 1.807) is 0 Å². The van der Waals surface area contributed by atoms with Crippen molar-refractivity contribution in [1.29, 1.82) is 0 Å². The van der Waals surface area contributed by atoms with Gasteiger partial charge in [0.25, 0.3) is 0 Å². The van der Waals surface area contributed by atoms with Crippen LogP contribution in [0.5, 0.6) is 0 Å². The van der Waals surface area contributed by atoms with Crippen LogP contribution < -0.4 is 0 Å². The predicted molar refractivity (Wildman–Crippen MR) is 50.0 cm³/mol. The highest BCUT2D eigenvalue weighted by atomic mass is 16.4. The SMILES string of the molecule is C=CC(C)(C)C(C)(C)CC(=O)O. The summed E-state index contributed by atoms with van der Waals surface area (Å²) in [5.41, 5.74) is -0.397. The lowest BCUT2D eigenvalue weighted by Crippen LogP contribution is -2.32. The molecule has 0 aliphatic carbocycles. The van der Waals surface area contributed by atoms with Crippen LogP contribution in [0, 0.1) is 10.8 Å². The van der Waals surface area contributed by atoms with Crippen molar-refractivity contribution >= 4 is 5.97 Å². The topological polar surface area (TPSA) is 37.3 Å². The smallest absolute Gasteiger partial charge is 0.303 e. The number of hydrogen-bond donors (Lipinski definition) is 1. The molecule has 1 N–H and O–H groups in total. The molecule has 0 spiro atoms. The van der Waals surface area contributed by atoms with Gasteiger partial charge in [-0.25, -0.2) is 0 Å². The molecule has 0 radical (unpaired) electrons. The summed E-state index contributed by atoms with van der Waals surface area (Å²) in [5, 5.41) is 8.67. The Bertz CT molecular complexity index is 190. The fourth-order valence-corrected chi connectivity index (χ4v) is 0.882. The van der Waals surface area contributed by atoms with Gasteiger partial charge in [0.15, 0.2) is 0 Å². The van der Waals surface area contributed by atoms with Crippen LogP contribution in [0.4, 0.5) is 0 Å². The molecular formula is C10H18O2. The van der Waals surface area contributed by atoms with E-state index < -0.39 is 5.97 Å². The van der Waals surface area contributed by atoms with Crippen LogP contribution >= 0.6 is 0 Å². The molecule has 0 atom stereocenters. The van der Waals surface area contributed by atoms with Gasteiger partial charge < -0.3 is 5.11 Å². The first-order valence-electron chi connectivity index (χ1n) is 4.08. The monoisotopic (exact) mass is 170 g/mol. The molecule has 0 aromatic rings. The van der Waals surface area contributed by atoms with Gasteiger partial charge in [-0.1, -0.05) is 33.8 Å². The molecular weight excluding hydrogens is 152 g/mol. The van der Waals surface area contributed by atoms with E-state index in [2.05, 4.69) is 6.58 Å². The van der Waals surface area contributed by atoms with Crippen LogP contribution in [-0.2, 0) is 4.79 Å². The lowest BCUT2D eigenvalue weighted by molar-refractivity contribution is -0.140. The molecule has 2 nitrogen and oxygen atoms in total. The highest BCUT2D eigenvalue weighted by molar-refractivity contribution is 5.67. The van der Waals surface area contributed by atoms with Crippen molar-refractivity contribution in [3.05, 3.63) is 12.7 Å². The Morgan fingerprint density at radius 1 is 1.42 bits per heavy atom. The maximum Gasteiger partial charge on any atom is 0.303 e. The van der Waals surface area contributed by atoms with E-state index >= 15 is 0 Å². The summed E-state index contributed by atoms with van der Waals surface area (Å²) in [7, 11) is 0. The summed E-state index contributed by atoms with van der Waals surface area (Å²) < 4.78 is 0. The number of carboxylic acid groups (broad SMARTS) is 1. The first kappa shape index (κ1) is 11.2. The third-order valence-corrected chi connectivity index (χ3v) is 2.85. The van der Waals surface area contributed by atoms with Gasteiger partial charge >= 0.3 is 5.97 Å². The zero-order valence-corrected chi connectivity index (χ0v) is 8.35. The largest absolute Gasteiger partial charge is 0.481 e. The van der Waals surface area contributed by atoms with Crippen molar-refractivity contribution < 1.29 is 9.90 Å². The summed E-state index contributed by atoms with van der Waals surface area (Å²) in [6.07, 6.45) is 1.99. The van der Waals surface area contributed by atoms with Gasteiger partial charge in [-0.05, 0) is 10.8 Å². The van der Waals surface area contributed by atoms with E-state index in [1.807, 2.05) is 33.8 Å². The lowest BCUT2D eigenvalue weighted by atomic mass is 9.66. The minimum atomic E-state index is -0.755. The fourth-order valence-electron chi connectivity index (χ4n) is 0.882. The van der Waals surface area contributed by atoms with Gasteiger partial charge in [0.2, 0.25) is 0 Å². The maximum atomic E-state index is 10.5. The van der Waals surface area contributed by atoms with E-state index in [-0.39, 0.29) is 17.3 Å². The molecule has 0 fully saturated rings. The molecule has 0 rings (SSSR count). The number of hydrogen-bond acceptors (Lipinski definition) is 1. The van der Waals surface area contributed by atoms with Crippen LogP contribution in [-0.4, -0.2) is 11.1 Å². The zero-order valence-electron chi connectivity index (χ0n) is 8.35. The fraction of sp³-hybridized carbons (Fsp3) is 0.700. The van der Waals surface area contributed by atoms with E-state index in [0.29, 0.717) is 0 Å². The Kier molecular flexibility index (Phi) is 3.08. The summed E-state index contributed by atoms with van der Waals surface area (Å²) in [6, 6.07) is 0.